The summed E-state index contributed by atoms with van der Waals surface area (Å²) in [4.78, 5) is 23.3. The molecule has 0 aromatic carbocycles. The van der Waals surface area contributed by atoms with Gasteiger partial charge in [-0.25, -0.2) is 4.79 Å². The van der Waals surface area contributed by atoms with Crippen molar-refractivity contribution in [1.82, 2.24) is 0 Å². The van der Waals surface area contributed by atoms with Gasteiger partial charge < -0.3 is 4.74 Å². The van der Waals surface area contributed by atoms with Gasteiger partial charge >= 0.3 is 5.97 Å². The fourth-order valence-electron chi connectivity index (χ4n) is 2.74. The second kappa shape index (κ2) is 4.72. The lowest BCUT2D eigenvalue weighted by molar-refractivity contribution is -0.150. The summed E-state index contributed by atoms with van der Waals surface area (Å²) in [6.07, 6.45) is 2.84. The van der Waals surface area contributed by atoms with E-state index in [2.05, 4.69) is 0 Å². The van der Waals surface area contributed by atoms with Crippen LogP contribution in [0.5, 0.6) is 0 Å². The lowest BCUT2D eigenvalue weighted by atomic mass is 9.98. The van der Waals surface area contributed by atoms with E-state index in [-0.39, 0.29) is 16.3 Å². The van der Waals surface area contributed by atoms with Crippen LogP contribution in [0.1, 0.15) is 47.0 Å². The Kier molecular flexibility index (Phi) is 3.58. The number of esters is 1. The van der Waals surface area contributed by atoms with Gasteiger partial charge in [-0.2, -0.15) is 0 Å². The van der Waals surface area contributed by atoms with E-state index >= 15 is 0 Å². The van der Waals surface area contributed by atoms with E-state index in [1.54, 1.807) is 6.92 Å². The average Bonchev–Trinajstić information content (AvgIpc) is 2.72. The van der Waals surface area contributed by atoms with Crippen LogP contribution in [0.2, 0.25) is 0 Å². The van der Waals surface area contributed by atoms with Crippen LogP contribution in [0.25, 0.3) is 0 Å². The molecule has 1 fully saturated rings. The van der Waals surface area contributed by atoms with Gasteiger partial charge in [0.1, 0.15) is 5.60 Å². The van der Waals surface area contributed by atoms with Crippen molar-refractivity contribution in [1.29, 1.82) is 0 Å². The maximum absolute atomic E-state index is 12.1. The molecule has 3 nitrogen and oxygen atoms in total. The first-order valence-corrected chi connectivity index (χ1v) is 7.26. The lowest BCUT2D eigenvalue weighted by Gasteiger charge is -2.23. The van der Waals surface area contributed by atoms with Crippen LogP contribution in [-0.4, -0.2) is 21.9 Å². The largest absolute Gasteiger partial charge is 0.457 e. The van der Waals surface area contributed by atoms with Gasteiger partial charge in [0.25, 0.3) is 0 Å². The summed E-state index contributed by atoms with van der Waals surface area (Å²) in [6.45, 7) is 7.23. The van der Waals surface area contributed by atoms with Crippen LogP contribution in [0, 0.1) is 5.92 Å². The molecule has 0 amide bonds. The van der Waals surface area contributed by atoms with Crippen molar-refractivity contribution in [2.75, 3.05) is 0 Å². The Labute approximate surface area is 112 Å². The molecule has 1 saturated carbocycles. The molecule has 0 radical (unpaired) electrons. The average molecular weight is 268 g/mol. The minimum Gasteiger partial charge on any atom is -0.457 e. The van der Waals surface area contributed by atoms with Gasteiger partial charge in [0.05, 0.1) is 0 Å². The predicted molar refractivity (Wildman–Crippen MR) is 72.3 cm³/mol. The minimum absolute atomic E-state index is 0.128. The standard InChI is InChI=1S/C14H20O3S/c1-8(15)18-12-7-9-5-10(12)11(6-9)13(16)17-14(2,3)4/h9,12H,5-7H2,1-4H3. The van der Waals surface area contributed by atoms with Gasteiger partial charge in [0, 0.05) is 17.7 Å². The van der Waals surface area contributed by atoms with Gasteiger partial charge in [-0.3, -0.25) is 4.79 Å². The Balaban J connectivity index is 2.13. The molecular weight excluding hydrogens is 248 g/mol. The van der Waals surface area contributed by atoms with Crippen molar-refractivity contribution >= 4 is 22.8 Å². The molecule has 0 saturated heterocycles. The van der Waals surface area contributed by atoms with Gasteiger partial charge in [-0.1, -0.05) is 11.8 Å². The molecule has 0 aromatic rings. The summed E-state index contributed by atoms with van der Waals surface area (Å²) in [7, 11) is 0. The molecule has 2 bridgehead atoms. The maximum atomic E-state index is 12.1. The van der Waals surface area contributed by atoms with Gasteiger partial charge in [-0.15, -0.1) is 0 Å². The van der Waals surface area contributed by atoms with Crippen LogP contribution in [0.4, 0.5) is 0 Å². The fraction of sp³-hybridized carbons (Fsp3) is 0.714. The molecule has 4 heteroatoms. The summed E-state index contributed by atoms with van der Waals surface area (Å²) >= 11 is 1.36. The molecule has 2 atom stereocenters. The SMILES string of the molecule is CC(=O)SC1CC2CC(C(=O)OC(C)(C)C)=C1C2. The maximum Gasteiger partial charge on any atom is 0.334 e. The van der Waals surface area contributed by atoms with Crippen LogP contribution in [0.15, 0.2) is 11.1 Å². The highest BCUT2D eigenvalue weighted by Crippen LogP contribution is 2.49. The molecular formula is C14H20O3S. The number of carbonyl (C=O) groups excluding carboxylic acids is 2. The third-order valence-electron chi connectivity index (χ3n) is 3.28. The normalized spacial score (nSPS) is 26.7. The Morgan fingerprint density at radius 3 is 2.44 bits per heavy atom. The molecule has 0 spiro atoms. The first-order chi connectivity index (χ1) is 8.26. The first-order valence-electron chi connectivity index (χ1n) is 6.39. The highest BCUT2D eigenvalue weighted by Gasteiger charge is 2.41. The van der Waals surface area contributed by atoms with Crippen molar-refractivity contribution in [2.45, 2.75) is 57.8 Å². The highest BCUT2D eigenvalue weighted by molar-refractivity contribution is 8.14. The molecule has 18 heavy (non-hydrogen) atoms. The van der Waals surface area contributed by atoms with E-state index in [9.17, 15) is 9.59 Å². The van der Waals surface area contributed by atoms with Crippen LogP contribution in [0.3, 0.4) is 0 Å². The molecule has 0 aromatic heterocycles. The molecule has 0 N–H and O–H groups in total. The third kappa shape index (κ3) is 2.97. The Morgan fingerprint density at radius 2 is 1.94 bits per heavy atom. The van der Waals surface area contributed by atoms with Crippen molar-refractivity contribution < 1.29 is 14.3 Å². The fourth-order valence-corrected chi connectivity index (χ4v) is 3.89. The zero-order chi connectivity index (χ0) is 13.5. The van der Waals surface area contributed by atoms with E-state index in [1.807, 2.05) is 20.8 Å². The number of hydrogen-bond acceptors (Lipinski definition) is 4. The second-order valence-corrected chi connectivity index (χ2v) is 7.49. The number of carbonyl (C=O) groups is 2. The summed E-state index contributed by atoms with van der Waals surface area (Å²) in [6, 6.07) is 0. The third-order valence-corrected chi connectivity index (χ3v) is 4.37. The number of rotatable bonds is 2. The van der Waals surface area contributed by atoms with Crippen molar-refractivity contribution in [3.8, 4) is 0 Å². The summed E-state index contributed by atoms with van der Waals surface area (Å²) in [5, 5.41) is 0.340. The van der Waals surface area contributed by atoms with Crippen LogP contribution >= 0.6 is 11.8 Å². The first kappa shape index (κ1) is 13.7. The Hall–Kier alpha value is -0.770. The number of thioether (sulfide) groups is 1. The van der Waals surface area contributed by atoms with Crippen molar-refractivity contribution in [3.63, 3.8) is 0 Å². The monoisotopic (exact) mass is 268 g/mol. The van der Waals surface area contributed by atoms with Crippen molar-refractivity contribution in [2.24, 2.45) is 5.92 Å². The summed E-state index contributed by atoms with van der Waals surface area (Å²) in [5.74, 6) is 0.355. The van der Waals surface area contributed by atoms with E-state index in [0.717, 1.165) is 30.4 Å². The quantitative estimate of drug-likeness (QED) is 0.722. The van der Waals surface area contributed by atoms with Crippen LogP contribution in [-0.2, 0) is 14.3 Å². The zero-order valence-corrected chi connectivity index (χ0v) is 12.2. The number of ether oxygens (including phenoxy) is 1. The topological polar surface area (TPSA) is 43.4 Å². The predicted octanol–water partition coefficient (Wildman–Crippen LogP) is 3.09. The smallest absolute Gasteiger partial charge is 0.334 e. The molecule has 0 heterocycles. The second-order valence-electron chi connectivity index (χ2n) is 6.11. The van der Waals surface area contributed by atoms with Crippen molar-refractivity contribution in [3.05, 3.63) is 11.1 Å². The summed E-state index contributed by atoms with van der Waals surface area (Å²) < 4.78 is 5.44. The molecule has 100 valence electrons. The summed E-state index contributed by atoms with van der Waals surface area (Å²) in [5.41, 5.74) is 1.55. The van der Waals surface area contributed by atoms with E-state index < -0.39 is 5.60 Å². The number of hydrogen-bond donors (Lipinski definition) is 0. The Morgan fingerprint density at radius 1 is 1.28 bits per heavy atom. The molecule has 2 aliphatic carbocycles. The van der Waals surface area contributed by atoms with Crippen LogP contribution < -0.4 is 0 Å². The Bertz CT molecular complexity index is 417. The molecule has 2 aliphatic rings. The lowest BCUT2D eigenvalue weighted by Crippen LogP contribution is -2.26. The van der Waals surface area contributed by atoms with E-state index in [1.165, 1.54) is 11.8 Å². The molecule has 0 aliphatic heterocycles. The van der Waals surface area contributed by atoms with Gasteiger partial charge in [0.15, 0.2) is 5.12 Å². The molecule has 2 unspecified atom stereocenters. The molecule has 2 rings (SSSR count). The minimum atomic E-state index is -0.449. The van der Waals surface area contributed by atoms with E-state index in [0.29, 0.717) is 5.92 Å². The zero-order valence-electron chi connectivity index (χ0n) is 11.4. The van der Waals surface area contributed by atoms with Gasteiger partial charge in [-0.05, 0) is 51.5 Å². The van der Waals surface area contributed by atoms with Gasteiger partial charge in [0.2, 0.25) is 0 Å². The highest BCUT2D eigenvalue weighted by atomic mass is 32.2. The van der Waals surface area contributed by atoms with E-state index in [4.69, 9.17) is 4.74 Å². The number of fused-ring (bicyclic) bond motifs is 2.